The van der Waals surface area contributed by atoms with Crippen molar-refractivity contribution in [2.75, 3.05) is 0 Å². The first kappa shape index (κ1) is 16.1. The normalized spacial score (nSPS) is 11.5. The highest BCUT2D eigenvalue weighted by molar-refractivity contribution is 9.10. The molecule has 1 N–H and O–H groups in total. The topological polar surface area (TPSA) is 29.5 Å². The molecule has 2 rings (SSSR count). The van der Waals surface area contributed by atoms with Crippen molar-refractivity contribution in [2.45, 2.75) is 39.7 Å². The van der Waals surface area contributed by atoms with Gasteiger partial charge in [-0.3, -0.25) is 0 Å². The van der Waals surface area contributed by atoms with Gasteiger partial charge < -0.3 is 9.84 Å². The molecule has 2 aromatic carbocycles. The van der Waals surface area contributed by atoms with Crippen molar-refractivity contribution in [1.82, 2.24) is 0 Å². The lowest BCUT2D eigenvalue weighted by Gasteiger charge is -2.21. The van der Waals surface area contributed by atoms with Crippen molar-refractivity contribution in [2.24, 2.45) is 0 Å². The van der Waals surface area contributed by atoms with Crippen LogP contribution in [0, 0.1) is 6.92 Å². The lowest BCUT2D eigenvalue weighted by atomic mass is 9.86. The number of hydrogen-bond donors (Lipinski definition) is 1. The molecule has 21 heavy (non-hydrogen) atoms. The van der Waals surface area contributed by atoms with E-state index in [1.165, 1.54) is 5.56 Å². The molecule has 0 saturated heterocycles. The van der Waals surface area contributed by atoms with E-state index in [9.17, 15) is 5.11 Å². The Kier molecular flexibility index (Phi) is 4.74. The molecular weight excluding hydrogens is 328 g/mol. The Morgan fingerprint density at radius 1 is 1.05 bits per heavy atom. The monoisotopic (exact) mass is 348 g/mol. The van der Waals surface area contributed by atoms with E-state index < -0.39 is 0 Å². The number of aryl methyl sites for hydroxylation is 1. The quantitative estimate of drug-likeness (QED) is 0.811. The average Bonchev–Trinajstić information content (AvgIpc) is 2.40. The fourth-order valence-corrected chi connectivity index (χ4v) is 2.44. The predicted molar refractivity (Wildman–Crippen MR) is 90.0 cm³/mol. The van der Waals surface area contributed by atoms with E-state index in [4.69, 9.17) is 4.74 Å². The largest absolute Gasteiger partial charge is 0.457 e. The van der Waals surface area contributed by atoms with Crippen LogP contribution in [0.15, 0.2) is 40.9 Å². The third kappa shape index (κ3) is 3.86. The molecule has 2 nitrogen and oxygen atoms in total. The van der Waals surface area contributed by atoms with E-state index in [2.05, 4.69) is 48.8 Å². The van der Waals surface area contributed by atoms with Crippen LogP contribution in [0.3, 0.4) is 0 Å². The van der Waals surface area contributed by atoms with Gasteiger partial charge in [0, 0.05) is 10.0 Å². The summed E-state index contributed by atoms with van der Waals surface area (Å²) in [4.78, 5) is 0. The number of rotatable bonds is 3. The lowest BCUT2D eigenvalue weighted by molar-refractivity contribution is 0.276. The van der Waals surface area contributed by atoms with Gasteiger partial charge in [-0.15, -0.1) is 0 Å². The Balaban J connectivity index is 2.34. The number of hydrogen-bond acceptors (Lipinski definition) is 2. The number of aliphatic hydroxyl groups is 1. The summed E-state index contributed by atoms with van der Waals surface area (Å²) in [5.41, 5.74) is 3.27. The van der Waals surface area contributed by atoms with E-state index in [1.807, 2.05) is 31.2 Å². The Labute approximate surface area is 134 Å². The zero-order valence-corrected chi connectivity index (χ0v) is 14.5. The van der Waals surface area contributed by atoms with Gasteiger partial charge in [0.15, 0.2) is 0 Å². The SMILES string of the molecule is Cc1cc(C(C)(C)C)ccc1Oc1cc(Br)ccc1CO. The zero-order chi connectivity index (χ0) is 15.6. The molecular formula is C18H21BrO2. The van der Waals surface area contributed by atoms with Crippen molar-refractivity contribution >= 4 is 15.9 Å². The van der Waals surface area contributed by atoms with Crippen LogP contribution in [0.2, 0.25) is 0 Å². The van der Waals surface area contributed by atoms with Crippen LogP contribution in [-0.2, 0) is 12.0 Å². The van der Waals surface area contributed by atoms with Crippen molar-refractivity contribution < 1.29 is 9.84 Å². The standard InChI is InChI=1S/C18H21BrO2/c1-12-9-14(18(2,3)4)6-8-16(12)21-17-10-15(19)7-5-13(17)11-20/h5-10,20H,11H2,1-4H3. The summed E-state index contributed by atoms with van der Waals surface area (Å²) in [6, 6.07) is 11.9. The van der Waals surface area contributed by atoms with Crippen LogP contribution in [0.25, 0.3) is 0 Å². The fraction of sp³-hybridized carbons (Fsp3) is 0.333. The highest BCUT2D eigenvalue weighted by atomic mass is 79.9. The third-order valence-electron chi connectivity index (χ3n) is 3.46. The van der Waals surface area contributed by atoms with E-state index in [0.29, 0.717) is 5.75 Å². The molecule has 0 aliphatic rings. The smallest absolute Gasteiger partial charge is 0.134 e. The summed E-state index contributed by atoms with van der Waals surface area (Å²) < 4.78 is 6.92. The van der Waals surface area contributed by atoms with Gasteiger partial charge in [0.25, 0.3) is 0 Å². The molecule has 0 aliphatic heterocycles. The second kappa shape index (κ2) is 6.20. The second-order valence-corrected chi connectivity index (χ2v) is 7.16. The summed E-state index contributed by atoms with van der Waals surface area (Å²) in [5, 5.41) is 9.41. The van der Waals surface area contributed by atoms with Crippen LogP contribution < -0.4 is 4.74 Å². The number of ether oxygens (including phenoxy) is 1. The molecule has 0 atom stereocenters. The molecule has 0 aliphatic carbocycles. The molecule has 0 radical (unpaired) electrons. The van der Waals surface area contributed by atoms with Gasteiger partial charge in [0.05, 0.1) is 6.61 Å². The summed E-state index contributed by atoms with van der Waals surface area (Å²) in [7, 11) is 0. The van der Waals surface area contributed by atoms with E-state index in [0.717, 1.165) is 21.3 Å². The van der Waals surface area contributed by atoms with Crippen LogP contribution in [0.5, 0.6) is 11.5 Å². The Bertz CT molecular complexity index is 642. The number of benzene rings is 2. The molecule has 0 aromatic heterocycles. The number of aliphatic hydroxyl groups excluding tert-OH is 1. The van der Waals surface area contributed by atoms with Crippen LogP contribution >= 0.6 is 15.9 Å². The first-order valence-corrected chi connectivity index (χ1v) is 7.79. The highest BCUT2D eigenvalue weighted by Gasteiger charge is 2.15. The Morgan fingerprint density at radius 2 is 1.76 bits per heavy atom. The van der Waals surface area contributed by atoms with Gasteiger partial charge in [0.1, 0.15) is 11.5 Å². The second-order valence-electron chi connectivity index (χ2n) is 6.24. The van der Waals surface area contributed by atoms with E-state index in [1.54, 1.807) is 0 Å². The van der Waals surface area contributed by atoms with E-state index in [-0.39, 0.29) is 12.0 Å². The van der Waals surface area contributed by atoms with Crippen molar-refractivity contribution in [3.63, 3.8) is 0 Å². The van der Waals surface area contributed by atoms with Crippen molar-refractivity contribution in [3.8, 4) is 11.5 Å². The molecule has 0 fully saturated rings. The van der Waals surface area contributed by atoms with Crippen LogP contribution in [0.4, 0.5) is 0 Å². The van der Waals surface area contributed by atoms with Crippen LogP contribution in [0.1, 0.15) is 37.5 Å². The maximum absolute atomic E-state index is 9.41. The van der Waals surface area contributed by atoms with Crippen molar-refractivity contribution in [3.05, 3.63) is 57.6 Å². The Hall–Kier alpha value is -1.32. The van der Waals surface area contributed by atoms with Gasteiger partial charge in [-0.2, -0.15) is 0 Å². The summed E-state index contributed by atoms with van der Waals surface area (Å²) in [6.45, 7) is 8.59. The minimum Gasteiger partial charge on any atom is -0.457 e. The molecule has 0 bridgehead atoms. The summed E-state index contributed by atoms with van der Waals surface area (Å²) in [5.74, 6) is 1.49. The van der Waals surface area contributed by atoms with E-state index >= 15 is 0 Å². The van der Waals surface area contributed by atoms with Crippen molar-refractivity contribution in [1.29, 1.82) is 0 Å². The first-order chi connectivity index (χ1) is 9.81. The fourth-order valence-electron chi connectivity index (χ4n) is 2.10. The maximum atomic E-state index is 9.41. The van der Waals surface area contributed by atoms with Gasteiger partial charge in [-0.25, -0.2) is 0 Å². The van der Waals surface area contributed by atoms with Gasteiger partial charge in [-0.05, 0) is 41.7 Å². The molecule has 3 heteroatoms. The number of halogens is 1. The maximum Gasteiger partial charge on any atom is 0.134 e. The van der Waals surface area contributed by atoms with Gasteiger partial charge in [-0.1, -0.05) is 54.9 Å². The van der Waals surface area contributed by atoms with Gasteiger partial charge >= 0.3 is 0 Å². The van der Waals surface area contributed by atoms with Gasteiger partial charge in [0.2, 0.25) is 0 Å². The molecule has 0 saturated carbocycles. The molecule has 0 spiro atoms. The third-order valence-corrected chi connectivity index (χ3v) is 3.95. The first-order valence-electron chi connectivity index (χ1n) is 6.99. The predicted octanol–water partition coefficient (Wildman–Crippen LogP) is 5.34. The zero-order valence-electron chi connectivity index (χ0n) is 12.9. The Morgan fingerprint density at radius 3 is 2.33 bits per heavy atom. The lowest BCUT2D eigenvalue weighted by Crippen LogP contribution is -2.11. The van der Waals surface area contributed by atoms with Crippen LogP contribution in [-0.4, -0.2) is 5.11 Å². The molecule has 2 aromatic rings. The molecule has 112 valence electrons. The average molecular weight is 349 g/mol. The molecule has 0 unspecified atom stereocenters. The minimum atomic E-state index is -0.0399. The highest BCUT2D eigenvalue weighted by Crippen LogP contribution is 2.33. The molecule has 0 heterocycles. The molecule has 0 amide bonds. The minimum absolute atomic E-state index is 0.0399. The summed E-state index contributed by atoms with van der Waals surface area (Å²) in [6.07, 6.45) is 0. The summed E-state index contributed by atoms with van der Waals surface area (Å²) >= 11 is 3.43.